The third-order valence-electron chi connectivity index (χ3n) is 1.81. The molecule has 0 unspecified atom stereocenters. The normalized spacial score (nSPS) is 10.4. The van der Waals surface area contributed by atoms with E-state index in [1.165, 1.54) is 0 Å². The first-order valence-corrected chi connectivity index (χ1v) is 3.71. The van der Waals surface area contributed by atoms with Crippen LogP contribution in [0, 0.1) is 0 Å². The van der Waals surface area contributed by atoms with E-state index in [2.05, 4.69) is 4.98 Å². The van der Waals surface area contributed by atoms with Crippen molar-refractivity contribution in [2.24, 2.45) is 0 Å². The standard InChI is InChI=1S/C9H8N2O/c1-7(12)9-4-2-3-8-5-10-6-11(8)9/h2-6H,1H3. The molecule has 0 atom stereocenters. The average molecular weight is 160 g/mol. The molecule has 0 amide bonds. The fourth-order valence-corrected chi connectivity index (χ4v) is 1.23. The van der Waals surface area contributed by atoms with Crippen LogP contribution in [0.5, 0.6) is 0 Å². The van der Waals surface area contributed by atoms with Crippen LogP contribution in [0.15, 0.2) is 30.7 Å². The molecule has 60 valence electrons. The Bertz CT molecular complexity index is 431. The summed E-state index contributed by atoms with van der Waals surface area (Å²) < 4.78 is 1.78. The van der Waals surface area contributed by atoms with Crippen LogP contribution in [0.25, 0.3) is 5.52 Å². The monoisotopic (exact) mass is 160 g/mol. The summed E-state index contributed by atoms with van der Waals surface area (Å²) in [5.74, 6) is 0.0543. The first-order valence-electron chi connectivity index (χ1n) is 3.71. The van der Waals surface area contributed by atoms with Gasteiger partial charge in [-0.1, -0.05) is 6.07 Å². The number of Topliss-reactive ketones (excluding diaryl/α,β-unsaturated/α-hetero) is 1. The maximum Gasteiger partial charge on any atom is 0.176 e. The van der Waals surface area contributed by atoms with Crippen LogP contribution in [0.3, 0.4) is 0 Å². The smallest absolute Gasteiger partial charge is 0.176 e. The van der Waals surface area contributed by atoms with Gasteiger partial charge < -0.3 is 0 Å². The van der Waals surface area contributed by atoms with Gasteiger partial charge in [-0.3, -0.25) is 9.20 Å². The molecule has 0 radical (unpaired) electrons. The van der Waals surface area contributed by atoms with Crippen molar-refractivity contribution in [2.75, 3.05) is 0 Å². The molecule has 0 aliphatic heterocycles. The number of nitrogens with zero attached hydrogens (tertiary/aromatic N) is 2. The summed E-state index contributed by atoms with van der Waals surface area (Å²) in [4.78, 5) is 15.1. The molecule has 0 aliphatic rings. The van der Waals surface area contributed by atoms with Gasteiger partial charge >= 0.3 is 0 Å². The maximum atomic E-state index is 11.1. The Morgan fingerprint density at radius 3 is 3.08 bits per heavy atom. The fraction of sp³-hybridized carbons (Fsp3) is 0.111. The Kier molecular flexibility index (Phi) is 1.43. The Balaban J connectivity index is 2.82. The van der Waals surface area contributed by atoms with Crippen LogP contribution in [-0.2, 0) is 0 Å². The summed E-state index contributed by atoms with van der Waals surface area (Å²) in [5.41, 5.74) is 1.62. The number of imidazole rings is 1. The molecular formula is C9H8N2O. The Morgan fingerprint density at radius 1 is 1.50 bits per heavy atom. The molecule has 2 rings (SSSR count). The predicted molar refractivity (Wildman–Crippen MR) is 45.2 cm³/mol. The molecule has 0 aromatic carbocycles. The van der Waals surface area contributed by atoms with Crippen molar-refractivity contribution in [2.45, 2.75) is 6.92 Å². The quantitative estimate of drug-likeness (QED) is 0.593. The number of carbonyl (C=O) groups excluding carboxylic acids is 1. The SMILES string of the molecule is CC(=O)c1cccc2cncn12. The molecule has 2 heterocycles. The highest BCUT2D eigenvalue weighted by Crippen LogP contribution is 2.06. The zero-order valence-electron chi connectivity index (χ0n) is 6.69. The van der Waals surface area contributed by atoms with E-state index >= 15 is 0 Å². The second-order valence-electron chi connectivity index (χ2n) is 2.66. The van der Waals surface area contributed by atoms with Gasteiger partial charge in [0.05, 0.1) is 23.7 Å². The maximum absolute atomic E-state index is 11.1. The molecule has 2 aromatic rings. The van der Waals surface area contributed by atoms with Gasteiger partial charge in [-0.05, 0) is 12.1 Å². The van der Waals surface area contributed by atoms with Gasteiger partial charge in [0.15, 0.2) is 5.78 Å². The van der Waals surface area contributed by atoms with E-state index in [1.807, 2.05) is 12.1 Å². The largest absolute Gasteiger partial charge is 0.296 e. The summed E-state index contributed by atoms with van der Waals surface area (Å²) in [6, 6.07) is 5.56. The van der Waals surface area contributed by atoms with Gasteiger partial charge in [0.1, 0.15) is 0 Å². The molecule has 12 heavy (non-hydrogen) atoms. The predicted octanol–water partition coefficient (Wildman–Crippen LogP) is 1.54. The summed E-state index contributed by atoms with van der Waals surface area (Å²) >= 11 is 0. The van der Waals surface area contributed by atoms with E-state index in [4.69, 9.17) is 0 Å². The van der Waals surface area contributed by atoms with Crippen LogP contribution in [0.2, 0.25) is 0 Å². The summed E-state index contributed by atoms with van der Waals surface area (Å²) in [7, 11) is 0. The van der Waals surface area contributed by atoms with E-state index in [1.54, 1.807) is 29.9 Å². The summed E-state index contributed by atoms with van der Waals surface area (Å²) in [5, 5.41) is 0. The summed E-state index contributed by atoms with van der Waals surface area (Å²) in [6.07, 6.45) is 3.37. The Labute approximate surface area is 69.7 Å². The first-order chi connectivity index (χ1) is 5.79. The van der Waals surface area contributed by atoms with Gasteiger partial charge in [-0.2, -0.15) is 0 Å². The molecule has 0 fully saturated rings. The van der Waals surface area contributed by atoms with Crippen molar-refractivity contribution in [3.8, 4) is 0 Å². The minimum Gasteiger partial charge on any atom is -0.296 e. The molecule has 0 saturated heterocycles. The van der Waals surface area contributed by atoms with E-state index in [0.29, 0.717) is 5.69 Å². The van der Waals surface area contributed by atoms with Crippen molar-refractivity contribution in [1.82, 2.24) is 9.38 Å². The van der Waals surface area contributed by atoms with Crippen LogP contribution >= 0.6 is 0 Å². The van der Waals surface area contributed by atoms with Crippen LogP contribution < -0.4 is 0 Å². The number of aromatic nitrogens is 2. The molecule has 0 saturated carbocycles. The zero-order valence-corrected chi connectivity index (χ0v) is 6.69. The van der Waals surface area contributed by atoms with Crippen molar-refractivity contribution >= 4 is 11.3 Å². The lowest BCUT2D eigenvalue weighted by Gasteiger charge is -1.99. The number of hydrogen-bond acceptors (Lipinski definition) is 2. The third-order valence-corrected chi connectivity index (χ3v) is 1.81. The van der Waals surface area contributed by atoms with Gasteiger partial charge in [-0.15, -0.1) is 0 Å². The highest BCUT2D eigenvalue weighted by atomic mass is 16.1. The zero-order chi connectivity index (χ0) is 8.55. The van der Waals surface area contributed by atoms with E-state index < -0.39 is 0 Å². The molecule has 0 N–H and O–H groups in total. The fourth-order valence-electron chi connectivity index (χ4n) is 1.23. The van der Waals surface area contributed by atoms with E-state index in [0.717, 1.165) is 5.52 Å². The molecule has 0 aliphatic carbocycles. The van der Waals surface area contributed by atoms with Crippen LogP contribution in [0.4, 0.5) is 0 Å². The highest BCUT2D eigenvalue weighted by molar-refractivity contribution is 5.93. The molecular weight excluding hydrogens is 152 g/mol. The van der Waals surface area contributed by atoms with Gasteiger partial charge in [0.2, 0.25) is 0 Å². The number of rotatable bonds is 1. The number of pyridine rings is 1. The van der Waals surface area contributed by atoms with Crippen LogP contribution in [-0.4, -0.2) is 15.2 Å². The van der Waals surface area contributed by atoms with Crippen molar-refractivity contribution < 1.29 is 4.79 Å². The number of carbonyl (C=O) groups is 1. The molecule has 3 nitrogen and oxygen atoms in total. The van der Waals surface area contributed by atoms with Gasteiger partial charge in [-0.25, -0.2) is 4.98 Å². The number of fused-ring (bicyclic) bond motifs is 1. The van der Waals surface area contributed by atoms with Gasteiger partial charge in [0.25, 0.3) is 0 Å². The first kappa shape index (κ1) is 7.03. The molecule has 0 spiro atoms. The lowest BCUT2D eigenvalue weighted by Crippen LogP contribution is -2.00. The Hall–Kier alpha value is -1.64. The van der Waals surface area contributed by atoms with Crippen LogP contribution in [0.1, 0.15) is 17.4 Å². The van der Waals surface area contributed by atoms with Gasteiger partial charge in [0, 0.05) is 6.92 Å². The molecule has 3 heteroatoms. The van der Waals surface area contributed by atoms with Crippen molar-refractivity contribution in [3.05, 3.63) is 36.4 Å². The molecule has 2 aromatic heterocycles. The highest BCUT2D eigenvalue weighted by Gasteiger charge is 2.03. The topological polar surface area (TPSA) is 34.4 Å². The second kappa shape index (κ2) is 2.44. The van der Waals surface area contributed by atoms with E-state index in [9.17, 15) is 4.79 Å². The van der Waals surface area contributed by atoms with Crippen molar-refractivity contribution in [1.29, 1.82) is 0 Å². The van der Waals surface area contributed by atoms with E-state index in [-0.39, 0.29) is 5.78 Å². The Morgan fingerprint density at radius 2 is 2.33 bits per heavy atom. The lowest BCUT2D eigenvalue weighted by molar-refractivity contribution is 0.101. The average Bonchev–Trinajstić information content (AvgIpc) is 2.49. The molecule has 0 bridgehead atoms. The number of ketones is 1. The second-order valence-corrected chi connectivity index (χ2v) is 2.66. The summed E-state index contributed by atoms with van der Waals surface area (Å²) in [6.45, 7) is 1.55. The lowest BCUT2D eigenvalue weighted by atomic mass is 10.2. The van der Waals surface area contributed by atoms with Crippen molar-refractivity contribution in [3.63, 3.8) is 0 Å². The number of hydrogen-bond donors (Lipinski definition) is 0. The minimum absolute atomic E-state index is 0.0543. The third kappa shape index (κ3) is 0.906. The minimum atomic E-state index is 0.0543.